The molecule has 0 radical (unpaired) electrons. The predicted octanol–water partition coefficient (Wildman–Crippen LogP) is 3.66. The van der Waals surface area contributed by atoms with E-state index in [-0.39, 0.29) is 19.3 Å². The summed E-state index contributed by atoms with van der Waals surface area (Å²) in [6.45, 7) is 0.600. The number of hydrogen-bond acceptors (Lipinski definition) is 6. The monoisotopic (exact) mass is 447 g/mol. The first-order valence-corrected chi connectivity index (χ1v) is 10.5. The van der Waals surface area contributed by atoms with Crippen LogP contribution >= 0.6 is 0 Å². The molecule has 0 atom stereocenters. The van der Waals surface area contributed by atoms with Crippen LogP contribution in [-0.2, 0) is 17.8 Å². The molecule has 0 aromatic heterocycles. The number of hydrogen-bond donors (Lipinski definition) is 1. The van der Waals surface area contributed by atoms with Crippen molar-refractivity contribution in [1.29, 1.82) is 0 Å². The van der Waals surface area contributed by atoms with E-state index in [1.807, 2.05) is 36.4 Å². The van der Waals surface area contributed by atoms with Crippen molar-refractivity contribution in [3.05, 3.63) is 77.4 Å². The fourth-order valence-corrected chi connectivity index (χ4v) is 3.92. The van der Waals surface area contributed by atoms with Crippen LogP contribution in [-0.4, -0.2) is 37.0 Å². The van der Waals surface area contributed by atoms with Crippen molar-refractivity contribution in [2.75, 3.05) is 24.9 Å². The van der Waals surface area contributed by atoms with E-state index in [1.54, 1.807) is 29.2 Å². The molecule has 0 aliphatic carbocycles. The number of amides is 1. The van der Waals surface area contributed by atoms with Gasteiger partial charge in [-0.1, -0.05) is 18.2 Å². The SMILES string of the molecule is O=C(O)COc1cccc(CCOc2cccc3c2CN(c2ccc4c(c2)OCO4)C3=O)c1. The molecule has 0 unspecified atom stereocenters. The lowest BCUT2D eigenvalue weighted by atomic mass is 10.1. The van der Waals surface area contributed by atoms with E-state index in [0.29, 0.717) is 48.1 Å². The molecule has 0 saturated carbocycles. The Bertz CT molecular complexity index is 1220. The number of carbonyl (C=O) groups excluding carboxylic acids is 1. The van der Waals surface area contributed by atoms with Crippen LogP contribution in [0.4, 0.5) is 5.69 Å². The Morgan fingerprint density at radius 3 is 2.73 bits per heavy atom. The van der Waals surface area contributed by atoms with Crippen molar-refractivity contribution in [2.24, 2.45) is 0 Å². The van der Waals surface area contributed by atoms with Crippen molar-refractivity contribution in [2.45, 2.75) is 13.0 Å². The summed E-state index contributed by atoms with van der Waals surface area (Å²) in [4.78, 5) is 25.4. The van der Waals surface area contributed by atoms with Gasteiger partial charge in [-0.3, -0.25) is 4.79 Å². The third kappa shape index (κ3) is 4.27. The molecular formula is C25H21NO7. The number of carboxylic acid groups (broad SMARTS) is 1. The number of ether oxygens (including phenoxy) is 4. The molecule has 0 saturated heterocycles. The van der Waals surface area contributed by atoms with Gasteiger partial charge in [-0.05, 0) is 42.0 Å². The van der Waals surface area contributed by atoms with Gasteiger partial charge in [-0.25, -0.2) is 4.79 Å². The summed E-state index contributed by atoms with van der Waals surface area (Å²) in [5, 5.41) is 8.76. The van der Waals surface area contributed by atoms with E-state index in [9.17, 15) is 9.59 Å². The van der Waals surface area contributed by atoms with Crippen LogP contribution in [0.15, 0.2) is 60.7 Å². The molecule has 0 bridgehead atoms. The molecule has 1 amide bonds. The Labute approximate surface area is 189 Å². The number of aliphatic carboxylic acids is 1. The minimum atomic E-state index is -1.02. The second kappa shape index (κ2) is 8.74. The zero-order chi connectivity index (χ0) is 22.8. The largest absolute Gasteiger partial charge is 0.493 e. The topological polar surface area (TPSA) is 94.5 Å². The summed E-state index contributed by atoms with van der Waals surface area (Å²) < 4.78 is 22.1. The van der Waals surface area contributed by atoms with Gasteiger partial charge in [0.2, 0.25) is 6.79 Å². The van der Waals surface area contributed by atoms with E-state index in [1.165, 1.54) is 0 Å². The van der Waals surface area contributed by atoms with Crippen molar-refractivity contribution in [1.82, 2.24) is 0 Å². The molecule has 8 heteroatoms. The maximum Gasteiger partial charge on any atom is 0.341 e. The zero-order valence-electron chi connectivity index (χ0n) is 17.7. The number of fused-ring (bicyclic) bond motifs is 2. The van der Waals surface area contributed by atoms with Crippen LogP contribution in [0.3, 0.4) is 0 Å². The van der Waals surface area contributed by atoms with E-state index >= 15 is 0 Å². The van der Waals surface area contributed by atoms with Crippen molar-refractivity contribution in [3.8, 4) is 23.0 Å². The molecule has 3 aromatic rings. The first-order chi connectivity index (χ1) is 16.1. The molecule has 3 aromatic carbocycles. The lowest BCUT2D eigenvalue weighted by molar-refractivity contribution is -0.139. The third-order valence-electron chi connectivity index (χ3n) is 5.50. The summed E-state index contributed by atoms with van der Waals surface area (Å²) in [5.41, 5.74) is 3.17. The summed E-state index contributed by atoms with van der Waals surface area (Å²) >= 11 is 0. The number of anilines is 1. The van der Waals surface area contributed by atoms with E-state index in [4.69, 9.17) is 24.1 Å². The molecular weight excluding hydrogens is 426 g/mol. The van der Waals surface area contributed by atoms with Gasteiger partial charge in [0.15, 0.2) is 18.1 Å². The Kier molecular flexibility index (Phi) is 5.48. The highest BCUT2D eigenvalue weighted by Crippen LogP contribution is 2.39. The van der Waals surface area contributed by atoms with Crippen LogP contribution in [0.25, 0.3) is 0 Å². The summed E-state index contributed by atoms with van der Waals surface area (Å²) in [7, 11) is 0. The van der Waals surface area contributed by atoms with Gasteiger partial charge in [0.05, 0.1) is 13.2 Å². The molecule has 0 fully saturated rings. The van der Waals surface area contributed by atoms with Crippen molar-refractivity contribution < 1.29 is 33.6 Å². The molecule has 33 heavy (non-hydrogen) atoms. The number of carboxylic acids is 1. The standard InChI is InChI=1S/C25H21NO7/c27-24(28)14-31-18-4-1-3-16(11-18)9-10-30-21-6-2-5-19-20(21)13-26(25(19)29)17-7-8-22-23(12-17)33-15-32-22/h1-8,11-12H,9-10,13-15H2,(H,27,28). The van der Waals surface area contributed by atoms with Gasteiger partial charge in [-0.15, -0.1) is 0 Å². The van der Waals surface area contributed by atoms with Crippen molar-refractivity contribution >= 4 is 17.6 Å². The lowest BCUT2D eigenvalue weighted by Gasteiger charge is -2.16. The first-order valence-electron chi connectivity index (χ1n) is 10.5. The van der Waals surface area contributed by atoms with Crippen molar-refractivity contribution in [3.63, 3.8) is 0 Å². The van der Waals surface area contributed by atoms with Crippen LogP contribution in [0.1, 0.15) is 21.5 Å². The highest BCUT2D eigenvalue weighted by atomic mass is 16.7. The number of carbonyl (C=O) groups is 2. The van der Waals surface area contributed by atoms with E-state index in [2.05, 4.69) is 0 Å². The second-order valence-electron chi connectivity index (χ2n) is 7.64. The molecule has 168 valence electrons. The third-order valence-corrected chi connectivity index (χ3v) is 5.50. The van der Waals surface area contributed by atoms with E-state index in [0.717, 1.165) is 16.8 Å². The molecule has 5 rings (SSSR count). The average molecular weight is 447 g/mol. The molecule has 2 aliphatic rings. The molecule has 8 nitrogen and oxygen atoms in total. The average Bonchev–Trinajstić information content (AvgIpc) is 3.42. The number of benzene rings is 3. The highest BCUT2D eigenvalue weighted by molar-refractivity contribution is 6.10. The quantitative estimate of drug-likeness (QED) is 0.563. The van der Waals surface area contributed by atoms with Gasteiger partial charge in [0.1, 0.15) is 11.5 Å². The van der Waals surface area contributed by atoms with Crippen LogP contribution < -0.4 is 23.8 Å². The van der Waals surface area contributed by atoms with Gasteiger partial charge in [0, 0.05) is 29.3 Å². The maximum atomic E-state index is 13.0. The Morgan fingerprint density at radius 2 is 1.85 bits per heavy atom. The molecule has 2 heterocycles. The minimum Gasteiger partial charge on any atom is -0.493 e. The lowest BCUT2D eigenvalue weighted by Crippen LogP contribution is -2.22. The normalized spacial score (nSPS) is 13.7. The van der Waals surface area contributed by atoms with Gasteiger partial charge in [-0.2, -0.15) is 0 Å². The zero-order valence-corrected chi connectivity index (χ0v) is 17.7. The highest BCUT2D eigenvalue weighted by Gasteiger charge is 2.32. The molecule has 2 aliphatic heterocycles. The maximum absolute atomic E-state index is 13.0. The van der Waals surface area contributed by atoms with Crippen LogP contribution in [0.5, 0.6) is 23.0 Å². The van der Waals surface area contributed by atoms with Gasteiger partial charge in [0.25, 0.3) is 5.91 Å². The van der Waals surface area contributed by atoms with E-state index < -0.39 is 5.97 Å². The number of rotatable bonds is 8. The summed E-state index contributed by atoms with van der Waals surface area (Å²) in [6, 6.07) is 18.2. The fourth-order valence-electron chi connectivity index (χ4n) is 3.92. The Balaban J connectivity index is 1.26. The second-order valence-corrected chi connectivity index (χ2v) is 7.64. The summed E-state index contributed by atoms with van der Waals surface area (Å²) in [5.74, 6) is 1.36. The smallest absolute Gasteiger partial charge is 0.341 e. The Hall–Kier alpha value is -4.20. The summed E-state index contributed by atoms with van der Waals surface area (Å²) in [6.07, 6.45) is 0.605. The first kappa shape index (κ1) is 20.7. The Morgan fingerprint density at radius 1 is 1.00 bits per heavy atom. The number of nitrogens with zero attached hydrogens (tertiary/aromatic N) is 1. The predicted molar refractivity (Wildman–Crippen MR) is 118 cm³/mol. The van der Waals surface area contributed by atoms with Crippen LogP contribution in [0.2, 0.25) is 0 Å². The fraction of sp³-hybridized carbons (Fsp3) is 0.200. The van der Waals surface area contributed by atoms with Crippen LogP contribution in [0, 0.1) is 0 Å². The molecule has 0 spiro atoms. The minimum absolute atomic E-state index is 0.0856. The van der Waals surface area contributed by atoms with Gasteiger partial charge < -0.3 is 29.0 Å². The van der Waals surface area contributed by atoms with Gasteiger partial charge >= 0.3 is 5.97 Å². The molecule has 1 N–H and O–H groups in total.